The van der Waals surface area contributed by atoms with Gasteiger partial charge in [0.15, 0.2) is 0 Å². The van der Waals surface area contributed by atoms with E-state index >= 15 is 0 Å². The average molecular weight is 287 g/mol. The first-order chi connectivity index (χ1) is 10.2. The molecule has 0 radical (unpaired) electrons. The van der Waals surface area contributed by atoms with E-state index in [-0.39, 0.29) is 5.91 Å². The van der Waals surface area contributed by atoms with Crippen molar-refractivity contribution in [2.45, 2.75) is 19.8 Å². The molecule has 2 N–H and O–H groups in total. The molecule has 21 heavy (non-hydrogen) atoms. The Kier molecular flexibility index (Phi) is 5.26. The fourth-order valence-corrected chi connectivity index (χ4v) is 1.80. The highest BCUT2D eigenvalue weighted by atomic mass is 19.1. The van der Waals surface area contributed by atoms with Gasteiger partial charge in [-0.15, -0.1) is 0 Å². The van der Waals surface area contributed by atoms with Crippen LogP contribution in [0.3, 0.4) is 0 Å². The molecule has 0 fully saturated rings. The number of nitrogens with one attached hydrogen (secondary N) is 2. The third-order valence-corrected chi connectivity index (χ3v) is 2.94. The molecule has 0 atom stereocenters. The second kappa shape index (κ2) is 7.38. The van der Waals surface area contributed by atoms with Crippen LogP contribution in [-0.4, -0.2) is 17.4 Å². The molecule has 0 aliphatic carbocycles. The van der Waals surface area contributed by atoms with Gasteiger partial charge < -0.3 is 10.6 Å². The molecule has 0 bridgehead atoms. The Morgan fingerprint density at radius 1 is 1.24 bits per heavy atom. The lowest BCUT2D eigenvalue weighted by Crippen LogP contribution is -2.14. The molecule has 0 aliphatic rings. The van der Waals surface area contributed by atoms with Gasteiger partial charge in [-0.25, -0.2) is 9.37 Å². The van der Waals surface area contributed by atoms with E-state index in [0.29, 0.717) is 11.4 Å². The Labute approximate surface area is 123 Å². The van der Waals surface area contributed by atoms with Crippen molar-refractivity contribution in [3.8, 4) is 0 Å². The molecule has 2 rings (SSSR count). The van der Waals surface area contributed by atoms with E-state index in [4.69, 9.17) is 0 Å². The molecule has 1 amide bonds. The van der Waals surface area contributed by atoms with Gasteiger partial charge >= 0.3 is 0 Å². The summed E-state index contributed by atoms with van der Waals surface area (Å²) in [4.78, 5) is 16.1. The number of hydrogen-bond donors (Lipinski definition) is 2. The van der Waals surface area contributed by atoms with Gasteiger partial charge in [-0.05, 0) is 36.8 Å². The van der Waals surface area contributed by atoms with Crippen molar-refractivity contribution < 1.29 is 9.18 Å². The predicted molar refractivity (Wildman–Crippen MR) is 82.0 cm³/mol. The van der Waals surface area contributed by atoms with Gasteiger partial charge in [-0.1, -0.05) is 19.4 Å². The van der Waals surface area contributed by atoms with Gasteiger partial charge in [-0.3, -0.25) is 4.79 Å². The number of carbonyl (C=O) groups excluding carboxylic acids is 1. The highest BCUT2D eigenvalue weighted by Crippen LogP contribution is 2.12. The SMILES string of the molecule is CCCCNc1ccc(C(=O)Nc2cccc(F)c2)nc1. The van der Waals surface area contributed by atoms with Crippen LogP contribution in [0.1, 0.15) is 30.3 Å². The molecular formula is C16H18FN3O. The van der Waals surface area contributed by atoms with Crippen LogP contribution in [0.2, 0.25) is 0 Å². The zero-order valence-electron chi connectivity index (χ0n) is 11.9. The minimum Gasteiger partial charge on any atom is -0.384 e. The third-order valence-electron chi connectivity index (χ3n) is 2.94. The quantitative estimate of drug-likeness (QED) is 0.797. The largest absolute Gasteiger partial charge is 0.384 e. The summed E-state index contributed by atoms with van der Waals surface area (Å²) in [6, 6.07) is 9.20. The molecule has 110 valence electrons. The standard InChI is InChI=1S/C16H18FN3O/c1-2-3-9-18-14-7-8-15(19-11-14)16(21)20-13-6-4-5-12(17)10-13/h4-8,10-11,18H,2-3,9H2,1H3,(H,20,21). The van der Waals surface area contributed by atoms with Crippen LogP contribution < -0.4 is 10.6 Å². The van der Waals surface area contributed by atoms with Gasteiger partial charge in [-0.2, -0.15) is 0 Å². The molecule has 2 aromatic rings. The van der Waals surface area contributed by atoms with Gasteiger partial charge in [0.1, 0.15) is 11.5 Å². The molecule has 0 saturated heterocycles. The summed E-state index contributed by atoms with van der Waals surface area (Å²) < 4.78 is 13.0. The van der Waals surface area contributed by atoms with Crippen molar-refractivity contribution in [1.29, 1.82) is 0 Å². The first kappa shape index (κ1) is 15.0. The molecule has 0 unspecified atom stereocenters. The van der Waals surface area contributed by atoms with Crippen molar-refractivity contribution in [2.75, 3.05) is 17.2 Å². The van der Waals surface area contributed by atoms with Crippen molar-refractivity contribution >= 4 is 17.3 Å². The molecule has 0 aliphatic heterocycles. The lowest BCUT2D eigenvalue weighted by Gasteiger charge is -2.07. The van der Waals surface area contributed by atoms with Gasteiger partial charge in [0.25, 0.3) is 5.91 Å². The molecule has 0 saturated carbocycles. The smallest absolute Gasteiger partial charge is 0.274 e. The highest BCUT2D eigenvalue weighted by Gasteiger charge is 2.08. The summed E-state index contributed by atoms with van der Waals surface area (Å²) in [5.74, 6) is -0.753. The van der Waals surface area contributed by atoms with Gasteiger partial charge in [0, 0.05) is 12.2 Å². The van der Waals surface area contributed by atoms with Crippen LogP contribution in [-0.2, 0) is 0 Å². The van der Waals surface area contributed by atoms with Crippen LogP contribution in [0.15, 0.2) is 42.6 Å². The molecule has 0 spiro atoms. The maximum absolute atomic E-state index is 13.0. The minimum absolute atomic E-state index is 0.292. The van der Waals surface area contributed by atoms with E-state index < -0.39 is 5.82 Å². The molecule has 4 nitrogen and oxygen atoms in total. The summed E-state index contributed by atoms with van der Waals surface area (Å²) in [5, 5.41) is 5.83. The Morgan fingerprint density at radius 2 is 2.10 bits per heavy atom. The van der Waals surface area contributed by atoms with E-state index in [0.717, 1.165) is 25.1 Å². The van der Waals surface area contributed by atoms with E-state index in [9.17, 15) is 9.18 Å². The number of benzene rings is 1. The molecule has 5 heteroatoms. The number of nitrogens with zero attached hydrogens (tertiary/aromatic N) is 1. The lowest BCUT2D eigenvalue weighted by atomic mass is 10.2. The summed E-state index contributed by atoms with van der Waals surface area (Å²) >= 11 is 0. The summed E-state index contributed by atoms with van der Waals surface area (Å²) in [6.45, 7) is 3.01. The zero-order chi connectivity index (χ0) is 15.1. The van der Waals surface area contributed by atoms with E-state index in [1.165, 1.54) is 12.1 Å². The Hall–Kier alpha value is -2.43. The molecule has 1 aromatic heterocycles. The Balaban J connectivity index is 1.96. The minimum atomic E-state index is -0.392. The van der Waals surface area contributed by atoms with Crippen LogP contribution >= 0.6 is 0 Å². The average Bonchev–Trinajstić information content (AvgIpc) is 2.48. The summed E-state index contributed by atoms with van der Waals surface area (Å²) in [5.41, 5.74) is 1.58. The van der Waals surface area contributed by atoms with E-state index in [1.807, 2.05) is 6.07 Å². The highest BCUT2D eigenvalue weighted by molar-refractivity contribution is 6.02. The Morgan fingerprint density at radius 3 is 2.76 bits per heavy atom. The number of unbranched alkanes of at least 4 members (excludes halogenated alkanes) is 1. The van der Waals surface area contributed by atoms with Crippen molar-refractivity contribution in [2.24, 2.45) is 0 Å². The number of carbonyl (C=O) groups is 1. The number of halogens is 1. The monoisotopic (exact) mass is 287 g/mol. The zero-order valence-corrected chi connectivity index (χ0v) is 11.9. The number of hydrogen-bond acceptors (Lipinski definition) is 3. The maximum atomic E-state index is 13.0. The van der Waals surface area contributed by atoms with E-state index in [1.54, 1.807) is 24.4 Å². The Bertz CT molecular complexity index is 599. The van der Waals surface area contributed by atoms with Crippen LogP contribution in [0.4, 0.5) is 15.8 Å². The number of rotatable bonds is 6. The van der Waals surface area contributed by atoms with E-state index in [2.05, 4.69) is 22.5 Å². The van der Waals surface area contributed by atoms with Crippen LogP contribution in [0.25, 0.3) is 0 Å². The van der Waals surface area contributed by atoms with Crippen molar-refractivity contribution in [3.05, 3.63) is 54.1 Å². The lowest BCUT2D eigenvalue weighted by molar-refractivity contribution is 0.102. The normalized spacial score (nSPS) is 10.2. The second-order valence-corrected chi connectivity index (χ2v) is 4.68. The fourth-order valence-electron chi connectivity index (χ4n) is 1.80. The van der Waals surface area contributed by atoms with Crippen molar-refractivity contribution in [3.63, 3.8) is 0 Å². The fraction of sp³-hybridized carbons (Fsp3) is 0.250. The first-order valence-corrected chi connectivity index (χ1v) is 6.96. The first-order valence-electron chi connectivity index (χ1n) is 6.96. The number of pyridine rings is 1. The number of amides is 1. The van der Waals surface area contributed by atoms with Gasteiger partial charge in [0.2, 0.25) is 0 Å². The molecular weight excluding hydrogens is 269 g/mol. The van der Waals surface area contributed by atoms with Crippen molar-refractivity contribution in [1.82, 2.24) is 4.98 Å². The molecule has 1 aromatic carbocycles. The predicted octanol–water partition coefficient (Wildman–Crippen LogP) is 3.69. The van der Waals surface area contributed by atoms with Gasteiger partial charge in [0.05, 0.1) is 11.9 Å². The number of anilines is 2. The van der Waals surface area contributed by atoms with Crippen LogP contribution in [0.5, 0.6) is 0 Å². The maximum Gasteiger partial charge on any atom is 0.274 e. The third kappa shape index (κ3) is 4.56. The topological polar surface area (TPSA) is 54.0 Å². The summed E-state index contributed by atoms with van der Waals surface area (Å²) in [6.07, 6.45) is 3.83. The number of aromatic nitrogens is 1. The van der Waals surface area contributed by atoms with Crippen LogP contribution in [0, 0.1) is 5.82 Å². The summed E-state index contributed by atoms with van der Waals surface area (Å²) in [7, 11) is 0. The second-order valence-electron chi connectivity index (χ2n) is 4.68. The molecule has 1 heterocycles.